The maximum atomic E-state index is 6.29. The van der Waals surface area contributed by atoms with Crippen LogP contribution in [0, 0.1) is 0 Å². The number of benzene rings is 3. The van der Waals surface area contributed by atoms with Crippen LogP contribution < -0.4 is 14.8 Å². The molecule has 1 N–H and O–H groups in total. The van der Waals surface area contributed by atoms with Crippen molar-refractivity contribution in [2.24, 2.45) is 0 Å². The van der Waals surface area contributed by atoms with Crippen LogP contribution in [0.25, 0.3) is 0 Å². The maximum Gasteiger partial charge on any atom is 0.167 e. The fourth-order valence-corrected chi connectivity index (χ4v) is 4.06. The van der Waals surface area contributed by atoms with E-state index in [9.17, 15) is 0 Å². The Hall–Kier alpha value is -1.43. The Balaban J connectivity index is 1.71. The highest BCUT2D eigenvalue weighted by Crippen LogP contribution is 2.37. The van der Waals surface area contributed by atoms with E-state index in [1.54, 1.807) is 19.2 Å². The van der Waals surface area contributed by atoms with Crippen LogP contribution in [0.2, 0.25) is 15.1 Å². The second-order valence-electron chi connectivity index (χ2n) is 6.60. The minimum atomic E-state index is 0.239. The number of hydrogen-bond donors (Lipinski definition) is 1. The Kier molecular flexibility index (Phi) is 8.72. The molecule has 0 fully saturated rings. The van der Waals surface area contributed by atoms with Crippen molar-refractivity contribution in [3.8, 4) is 11.5 Å². The van der Waals surface area contributed by atoms with E-state index in [1.807, 2.05) is 42.5 Å². The molecule has 0 spiro atoms. The van der Waals surface area contributed by atoms with Crippen molar-refractivity contribution < 1.29 is 9.47 Å². The average molecular weight is 530 g/mol. The van der Waals surface area contributed by atoms with Gasteiger partial charge in [0.1, 0.15) is 6.61 Å². The van der Waals surface area contributed by atoms with Crippen LogP contribution in [0.15, 0.2) is 59.1 Å². The molecule has 7 heteroatoms. The van der Waals surface area contributed by atoms with Crippen LogP contribution in [0.3, 0.4) is 0 Å². The SMILES string of the molecule is COc1ccc(Br)c(CNCCc2ccc(Cl)cc2)c1OCc1c(Cl)cccc1Cl. The molecule has 0 saturated carbocycles. The molecule has 0 aliphatic heterocycles. The summed E-state index contributed by atoms with van der Waals surface area (Å²) in [4.78, 5) is 0. The third kappa shape index (κ3) is 6.05. The summed E-state index contributed by atoms with van der Waals surface area (Å²) in [5, 5.41) is 5.35. The van der Waals surface area contributed by atoms with E-state index in [0.29, 0.717) is 28.1 Å². The normalized spacial score (nSPS) is 10.8. The van der Waals surface area contributed by atoms with Gasteiger partial charge in [-0.2, -0.15) is 0 Å². The highest BCUT2D eigenvalue weighted by atomic mass is 79.9. The molecule has 0 aliphatic rings. The molecule has 3 rings (SSSR count). The summed E-state index contributed by atoms with van der Waals surface area (Å²) in [6, 6.07) is 17.1. The van der Waals surface area contributed by atoms with Gasteiger partial charge < -0.3 is 14.8 Å². The molecule has 0 radical (unpaired) electrons. The van der Waals surface area contributed by atoms with Gasteiger partial charge in [0.25, 0.3) is 0 Å². The van der Waals surface area contributed by atoms with E-state index >= 15 is 0 Å². The molecule has 158 valence electrons. The van der Waals surface area contributed by atoms with Crippen LogP contribution in [0.5, 0.6) is 11.5 Å². The lowest BCUT2D eigenvalue weighted by molar-refractivity contribution is 0.280. The summed E-state index contributed by atoms with van der Waals surface area (Å²) in [6.07, 6.45) is 0.893. The fraction of sp³-hybridized carbons (Fsp3) is 0.217. The first-order valence-electron chi connectivity index (χ1n) is 9.35. The highest BCUT2D eigenvalue weighted by Gasteiger charge is 2.16. The molecule has 0 bridgehead atoms. The van der Waals surface area contributed by atoms with Crippen molar-refractivity contribution in [2.75, 3.05) is 13.7 Å². The number of rotatable bonds is 9. The Labute approximate surface area is 200 Å². The fourth-order valence-electron chi connectivity index (χ4n) is 2.98. The molecular weight excluding hydrogens is 509 g/mol. The van der Waals surface area contributed by atoms with Crippen LogP contribution in [-0.4, -0.2) is 13.7 Å². The largest absolute Gasteiger partial charge is 0.493 e. The second kappa shape index (κ2) is 11.3. The third-order valence-corrected chi connectivity index (χ3v) is 6.32. The molecule has 0 amide bonds. The zero-order valence-corrected chi connectivity index (χ0v) is 20.2. The van der Waals surface area contributed by atoms with E-state index in [4.69, 9.17) is 44.3 Å². The number of ether oxygens (including phenoxy) is 2. The Morgan fingerprint density at radius 1 is 0.900 bits per heavy atom. The molecule has 30 heavy (non-hydrogen) atoms. The van der Waals surface area contributed by atoms with Crippen molar-refractivity contribution in [3.63, 3.8) is 0 Å². The number of nitrogens with one attached hydrogen (secondary N) is 1. The first kappa shape index (κ1) is 23.2. The van der Waals surface area contributed by atoms with Crippen LogP contribution in [-0.2, 0) is 19.6 Å². The van der Waals surface area contributed by atoms with Gasteiger partial charge in [0.2, 0.25) is 0 Å². The molecule has 0 heterocycles. The zero-order chi connectivity index (χ0) is 21.5. The quantitative estimate of drug-likeness (QED) is 0.295. The summed E-state index contributed by atoms with van der Waals surface area (Å²) < 4.78 is 12.6. The molecule has 0 saturated heterocycles. The summed E-state index contributed by atoms with van der Waals surface area (Å²) in [6.45, 7) is 1.65. The lowest BCUT2D eigenvalue weighted by atomic mass is 10.1. The van der Waals surface area contributed by atoms with Crippen LogP contribution in [0.1, 0.15) is 16.7 Å². The van der Waals surface area contributed by atoms with Gasteiger partial charge >= 0.3 is 0 Å². The summed E-state index contributed by atoms with van der Waals surface area (Å²) in [5.74, 6) is 1.30. The third-order valence-electron chi connectivity index (χ3n) is 4.62. The first-order valence-corrected chi connectivity index (χ1v) is 11.3. The van der Waals surface area contributed by atoms with Crippen LogP contribution in [0.4, 0.5) is 0 Å². The molecule has 3 nitrogen and oxygen atoms in total. The van der Waals surface area contributed by atoms with Crippen molar-refractivity contribution in [1.82, 2.24) is 5.32 Å². The second-order valence-corrected chi connectivity index (χ2v) is 8.70. The topological polar surface area (TPSA) is 30.5 Å². The van der Waals surface area contributed by atoms with Gasteiger partial charge in [-0.05, 0) is 54.9 Å². The van der Waals surface area contributed by atoms with Crippen molar-refractivity contribution in [1.29, 1.82) is 0 Å². The van der Waals surface area contributed by atoms with Gasteiger partial charge in [0.15, 0.2) is 11.5 Å². The Morgan fingerprint density at radius 2 is 1.60 bits per heavy atom. The Bertz CT molecular complexity index is 976. The molecule has 3 aromatic carbocycles. The van der Waals surface area contributed by atoms with Gasteiger partial charge in [-0.15, -0.1) is 0 Å². The minimum absolute atomic E-state index is 0.239. The molecule has 0 unspecified atom stereocenters. The predicted octanol–water partition coefficient (Wildman–Crippen LogP) is 7.33. The smallest absolute Gasteiger partial charge is 0.167 e. The van der Waals surface area contributed by atoms with E-state index in [0.717, 1.165) is 33.6 Å². The Morgan fingerprint density at radius 3 is 2.27 bits per heavy atom. The maximum absolute atomic E-state index is 6.29. The van der Waals surface area contributed by atoms with Gasteiger partial charge in [-0.3, -0.25) is 0 Å². The standard InChI is InChI=1S/C23H21BrCl3NO2/c1-29-22-10-9-19(24)17(13-28-12-11-15-5-7-16(25)8-6-15)23(22)30-14-18-20(26)3-2-4-21(18)27/h2-10,28H,11-14H2,1H3. The molecule has 0 aromatic heterocycles. The lowest BCUT2D eigenvalue weighted by Crippen LogP contribution is -2.18. The summed E-state index contributed by atoms with van der Waals surface area (Å²) in [7, 11) is 1.62. The molecule has 0 atom stereocenters. The monoisotopic (exact) mass is 527 g/mol. The van der Waals surface area contributed by atoms with Gasteiger partial charge in [-0.1, -0.05) is 68.9 Å². The van der Waals surface area contributed by atoms with E-state index in [2.05, 4.69) is 21.2 Å². The molecular formula is C23H21BrCl3NO2. The van der Waals surface area contributed by atoms with Crippen molar-refractivity contribution in [2.45, 2.75) is 19.6 Å². The summed E-state index contributed by atoms with van der Waals surface area (Å²) in [5.41, 5.74) is 2.93. The lowest BCUT2D eigenvalue weighted by Gasteiger charge is -2.18. The summed E-state index contributed by atoms with van der Waals surface area (Å²) >= 11 is 22.1. The van der Waals surface area contributed by atoms with Gasteiger partial charge in [0.05, 0.1) is 7.11 Å². The molecule has 3 aromatic rings. The zero-order valence-electron chi connectivity index (χ0n) is 16.4. The minimum Gasteiger partial charge on any atom is -0.493 e. The van der Waals surface area contributed by atoms with E-state index in [1.165, 1.54) is 5.56 Å². The molecule has 0 aliphatic carbocycles. The van der Waals surface area contributed by atoms with Crippen LogP contribution >= 0.6 is 50.7 Å². The number of methoxy groups -OCH3 is 1. The van der Waals surface area contributed by atoms with E-state index < -0.39 is 0 Å². The average Bonchev–Trinajstić information content (AvgIpc) is 2.73. The predicted molar refractivity (Wildman–Crippen MR) is 128 cm³/mol. The number of hydrogen-bond acceptors (Lipinski definition) is 3. The van der Waals surface area contributed by atoms with Crippen molar-refractivity contribution >= 4 is 50.7 Å². The van der Waals surface area contributed by atoms with Gasteiger partial charge in [-0.25, -0.2) is 0 Å². The van der Waals surface area contributed by atoms with E-state index in [-0.39, 0.29) is 6.61 Å². The highest BCUT2D eigenvalue weighted by molar-refractivity contribution is 9.10. The van der Waals surface area contributed by atoms with Crippen molar-refractivity contribution in [3.05, 3.63) is 90.8 Å². The number of halogens is 4. The van der Waals surface area contributed by atoms with Gasteiger partial charge in [0, 0.05) is 37.2 Å². The first-order chi connectivity index (χ1) is 14.5.